The van der Waals surface area contributed by atoms with Gasteiger partial charge in [-0.05, 0) is 33.2 Å². The van der Waals surface area contributed by atoms with Crippen LogP contribution in [-0.4, -0.2) is 47.7 Å². The predicted octanol–water partition coefficient (Wildman–Crippen LogP) is 1.06. The molecule has 6 nitrogen and oxygen atoms in total. The molecule has 0 atom stereocenters. The summed E-state index contributed by atoms with van der Waals surface area (Å²) in [7, 11) is -3.43. The second-order valence-corrected chi connectivity index (χ2v) is 7.65. The highest BCUT2D eigenvalue weighted by atomic mass is 32.2. The normalized spacial score (nSPS) is 19.6. The molecule has 0 spiro atoms. The van der Waals surface area contributed by atoms with Crippen LogP contribution in [0, 0.1) is 0 Å². The minimum atomic E-state index is -3.43. The molecule has 1 N–H and O–H groups in total. The fraction of sp³-hybridized carbons (Fsp3) is 0.769. The zero-order valence-electron chi connectivity index (χ0n) is 12.5. The lowest BCUT2D eigenvalue weighted by molar-refractivity contribution is 0.291. The molecule has 2 heterocycles. The summed E-state index contributed by atoms with van der Waals surface area (Å²) in [5, 5.41) is 7.34. The highest BCUT2D eigenvalue weighted by Crippen LogP contribution is 2.33. The molecule has 0 aliphatic carbocycles. The fourth-order valence-electron chi connectivity index (χ4n) is 2.63. The summed E-state index contributed by atoms with van der Waals surface area (Å²) in [4.78, 5) is 0.295. The van der Waals surface area contributed by atoms with Gasteiger partial charge in [-0.2, -0.15) is 9.40 Å². The Morgan fingerprint density at radius 1 is 1.45 bits per heavy atom. The van der Waals surface area contributed by atoms with Crippen LogP contribution in [0.3, 0.4) is 0 Å². The summed E-state index contributed by atoms with van der Waals surface area (Å²) in [6.07, 6.45) is 4.90. The van der Waals surface area contributed by atoms with E-state index < -0.39 is 10.0 Å². The highest BCUT2D eigenvalue weighted by Gasteiger charge is 2.41. The largest absolute Gasteiger partial charge is 0.315 e. The van der Waals surface area contributed by atoms with E-state index in [0.29, 0.717) is 18.0 Å². The topological polar surface area (TPSA) is 67.2 Å². The molecule has 0 aromatic carbocycles. The van der Waals surface area contributed by atoms with Gasteiger partial charge in [-0.3, -0.25) is 4.68 Å². The molecule has 1 aromatic rings. The van der Waals surface area contributed by atoms with E-state index in [4.69, 9.17) is 0 Å². The Balaban J connectivity index is 2.14. The highest BCUT2D eigenvalue weighted by molar-refractivity contribution is 7.89. The Bertz CT molecular complexity index is 550. The van der Waals surface area contributed by atoms with Crippen LogP contribution in [0.15, 0.2) is 17.3 Å². The summed E-state index contributed by atoms with van der Waals surface area (Å²) in [5.74, 6) is 0. The minimum absolute atomic E-state index is 0.295. The van der Waals surface area contributed by atoms with E-state index in [-0.39, 0.29) is 5.54 Å². The van der Waals surface area contributed by atoms with Gasteiger partial charge in [0, 0.05) is 24.8 Å². The smallest absolute Gasteiger partial charge is 0.246 e. The van der Waals surface area contributed by atoms with Gasteiger partial charge in [0.1, 0.15) is 4.90 Å². The average Bonchev–Trinajstić information content (AvgIpc) is 2.96. The molecular formula is C13H24N4O2S. The summed E-state index contributed by atoms with van der Waals surface area (Å²) < 4.78 is 28.6. The molecule has 1 saturated heterocycles. The van der Waals surface area contributed by atoms with Crippen molar-refractivity contribution >= 4 is 10.0 Å². The molecule has 0 unspecified atom stereocenters. The zero-order chi connectivity index (χ0) is 14.8. The van der Waals surface area contributed by atoms with Crippen LogP contribution in [0.4, 0.5) is 0 Å². The summed E-state index contributed by atoms with van der Waals surface area (Å²) in [6.45, 7) is 8.95. The van der Waals surface area contributed by atoms with Gasteiger partial charge in [-0.25, -0.2) is 8.42 Å². The molecule has 20 heavy (non-hydrogen) atoms. The van der Waals surface area contributed by atoms with Crippen molar-refractivity contribution < 1.29 is 8.42 Å². The number of hydrogen-bond donors (Lipinski definition) is 1. The standard InChI is InChI=1S/C13H24N4O2S/c1-4-14-7-9-16-11-12(10-15-16)20(18,19)17-8-5-6-13(17,2)3/h10-11,14H,4-9H2,1-3H3. The number of likely N-dealkylation sites (N-methyl/N-ethyl adjacent to an activating group) is 1. The fourth-order valence-corrected chi connectivity index (χ4v) is 4.43. The van der Waals surface area contributed by atoms with Crippen LogP contribution in [-0.2, 0) is 16.6 Å². The van der Waals surface area contributed by atoms with Crippen LogP contribution >= 0.6 is 0 Å². The van der Waals surface area contributed by atoms with Gasteiger partial charge >= 0.3 is 0 Å². The summed E-state index contributed by atoms with van der Waals surface area (Å²) in [6, 6.07) is 0. The van der Waals surface area contributed by atoms with Crippen molar-refractivity contribution in [1.29, 1.82) is 0 Å². The third kappa shape index (κ3) is 3.05. The van der Waals surface area contributed by atoms with Crippen LogP contribution in [0.5, 0.6) is 0 Å². The Hall–Kier alpha value is -0.920. The van der Waals surface area contributed by atoms with E-state index in [2.05, 4.69) is 10.4 Å². The van der Waals surface area contributed by atoms with Crippen LogP contribution in [0.25, 0.3) is 0 Å². The van der Waals surface area contributed by atoms with Crippen molar-refractivity contribution in [3.63, 3.8) is 0 Å². The zero-order valence-corrected chi connectivity index (χ0v) is 13.3. The number of sulfonamides is 1. The van der Waals surface area contributed by atoms with E-state index in [9.17, 15) is 8.42 Å². The van der Waals surface area contributed by atoms with E-state index in [0.717, 1.165) is 25.9 Å². The molecular weight excluding hydrogens is 276 g/mol. The molecule has 2 rings (SSSR count). The second kappa shape index (κ2) is 5.83. The Kier molecular flexibility index (Phi) is 4.51. The molecule has 1 aliphatic rings. The predicted molar refractivity (Wildman–Crippen MR) is 78.0 cm³/mol. The Labute approximate surface area is 121 Å². The van der Waals surface area contributed by atoms with E-state index in [1.807, 2.05) is 20.8 Å². The summed E-state index contributed by atoms with van der Waals surface area (Å²) in [5.41, 5.74) is -0.301. The monoisotopic (exact) mass is 300 g/mol. The minimum Gasteiger partial charge on any atom is -0.315 e. The van der Waals surface area contributed by atoms with Gasteiger partial charge in [0.05, 0.1) is 12.7 Å². The lowest BCUT2D eigenvalue weighted by atomic mass is 10.0. The van der Waals surface area contributed by atoms with Crippen LogP contribution in [0.2, 0.25) is 0 Å². The second-order valence-electron chi connectivity index (χ2n) is 5.79. The number of aromatic nitrogens is 2. The SMILES string of the molecule is CCNCCn1cc(S(=O)(=O)N2CCCC2(C)C)cn1. The third-order valence-electron chi connectivity index (χ3n) is 3.79. The Morgan fingerprint density at radius 3 is 2.80 bits per heavy atom. The molecule has 0 amide bonds. The van der Waals surface area contributed by atoms with Crippen LogP contribution < -0.4 is 5.32 Å². The Morgan fingerprint density at radius 2 is 2.20 bits per heavy atom. The molecule has 0 bridgehead atoms. The van der Waals surface area contributed by atoms with Gasteiger partial charge < -0.3 is 5.32 Å². The number of nitrogens with zero attached hydrogens (tertiary/aromatic N) is 3. The molecule has 7 heteroatoms. The number of hydrogen-bond acceptors (Lipinski definition) is 4. The maximum Gasteiger partial charge on any atom is 0.246 e. The van der Waals surface area contributed by atoms with E-state index in [1.54, 1.807) is 15.2 Å². The van der Waals surface area contributed by atoms with Crippen LogP contribution in [0.1, 0.15) is 33.6 Å². The number of rotatable bonds is 6. The van der Waals surface area contributed by atoms with Crippen molar-refractivity contribution in [2.75, 3.05) is 19.6 Å². The maximum atomic E-state index is 12.7. The van der Waals surface area contributed by atoms with Crippen molar-refractivity contribution in [2.45, 2.75) is 50.6 Å². The van der Waals surface area contributed by atoms with Gasteiger partial charge in [-0.1, -0.05) is 6.92 Å². The lowest BCUT2D eigenvalue weighted by Gasteiger charge is -2.29. The average molecular weight is 300 g/mol. The quantitative estimate of drug-likeness (QED) is 0.798. The van der Waals surface area contributed by atoms with Crippen molar-refractivity contribution in [3.8, 4) is 0 Å². The van der Waals surface area contributed by atoms with Gasteiger partial charge in [0.2, 0.25) is 10.0 Å². The van der Waals surface area contributed by atoms with Gasteiger partial charge in [0.25, 0.3) is 0 Å². The van der Waals surface area contributed by atoms with Gasteiger partial charge in [-0.15, -0.1) is 0 Å². The first-order valence-corrected chi connectivity index (χ1v) is 8.58. The van der Waals surface area contributed by atoms with Crippen molar-refractivity contribution in [1.82, 2.24) is 19.4 Å². The molecule has 0 radical (unpaired) electrons. The van der Waals surface area contributed by atoms with E-state index in [1.165, 1.54) is 6.20 Å². The molecule has 0 saturated carbocycles. The van der Waals surface area contributed by atoms with Crippen molar-refractivity contribution in [2.24, 2.45) is 0 Å². The first-order chi connectivity index (χ1) is 9.38. The molecule has 114 valence electrons. The summed E-state index contributed by atoms with van der Waals surface area (Å²) >= 11 is 0. The maximum absolute atomic E-state index is 12.7. The van der Waals surface area contributed by atoms with Crippen molar-refractivity contribution in [3.05, 3.63) is 12.4 Å². The van der Waals surface area contributed by atoms with Gasteiger partial charge in [0.15, 0.2) is 0 Å². The molecule has 1 fully saturated rings. The molecule has 1 aliphatic heterocycles. The number of nitrogens with one attached hydrogen (secondary N) is 1. The molecule has 1 aromatic heterocycles. The lowest BCUT2D eigenvalue weighted by Crippen LogP contribution is -2.42. The van der Waals surface area contributed by atoms with E-state index >= 15 is 0 Å². The first-order valence-electron chi connectivity index (χ1n) is 7.14. The third-order valence-corrected chi connectivity index (χ3v) is 5.85. The first kappa shape index (κ1) is 15.5.